The molecule has 0 bridgehead atoms. The average molecular weight is 274 g/mol. The van der Waals surface area contributed by atoms with Gasteiger partial charge in [-0.3, -0.25) is 20.0 Å². The summed E-state index contributed by atoms with van der Waals surface area (Å²) < 4.78 is 0. The van der Waals surface area contributed by atoms with E-state index in [-0.39, 0.29) is 23.3 Å². The largest absolute Gasteiger partial charge is 0.348 e. The predicted octanol–water partition coefficient (Wildman–Crippen LogP) is 2.14. The minimum atomic E-state index is -0.481. The molecule has 0 saturated heterocycles. The molecule has 0 spiro atoms. The van der Waals surface area contributed by atoms with E-state index in [0.29, 0.717) is 10.9 Å². The SMILES string of the molecule is O=C(NC1CCCC1)c1n[nH]c2ccc([N+](=O)[O-])cc12. The summed E-state index contributed by atoms with van der Waals surface area (Å²) in [7, 11) is 0. The molecule has 1 heterocycles. The van der Waals surface area contributed by atoms with Gasteiger partial charge in [0.05, 0.1) is 10.4 Å². The molecule has 0 aliphatic heterocycles. The molecule has 1 aliphatic carbocycles. The Kier molecular flexibility index (Phi) is 3.09. The third kappa shape index (κ3) is 2.22. The van der Waals surface area contributed by atoms with Gasteiger partial charge in [-0.25, -0.2) is 0 Å². The number of H-pyrrole nitrogens is 1. The fourth-order valence-electron chi connectivity index (χ4n) is 2.61. The average Bonchev–Trinajstić information content (AvgIpc) is 3.06. The van der Waals surface area contributed by atoms with Crippen LogP contribution in [0.5, 0.6) is 0 Å². The molecule has 0 unspecified atom stereocenters. The second-order valence-corrected chi connectivity index (χ2v) is 5.01. The Morgan fingerprint density at radius 3 is 2.85 bits per heavy atom. The van der Waals surface area contributed by atoms with Crippen LogP contribution in [-0.4, -0.2) is 27.1 Å². The summed E-state index contributed by atoms with van der Waals surface area (Å²) in [6.07, 6.45) is 4.21. The van der Waals surface area contributed by atoms with Crippen LogP contribution < -0.4 is 5.32 Å². The maximum atomic E-state index is 12.2. The second kappa shape index (κ2) is 4.92. The third-order valence-electron chi connectivity index (χ3n) is 3.66. The van der Waals surface area contributed by atoms with Gasteiger partial charge in [-0.1, -0.05) is 12.8 Å². The zero-order valence-corrected chi connectivity index (χ0v) is 10.8. The molecule has 0 radical (unpaired) electrons. The lowest BCUT2D eigenvalue weighted by molar-refractivity contribution is -0.384. The molecule has 1 aromatic carbocycles. The highest BCUT2D eigenvalue weighted by molar-refractivity contribution is 6.05. The lowest BCUT2D eigenvalue weighted by Crippen LogP contribution is -2.32. The van der Waals surface area contributed by atoms with E-state index >= 15 is 0 Å². The van der Waals surface area contributed by atoms with Crippen molar-refractivity contribution in [3.63, 3.8) is 0 Å². The lowest BCUT2D eigenvalue weighted by atomic mass is 10.1. The standard InChI is InChI=1S/C13H14N4O3/c18-13(14-8-3-1-2-4-8)12-10-7-9(17(19)20)5-6-11(10)15-16-12/h5-8H,1-4H2,(H,14,18)(H,15,16). The number of nitro benzene ring substituents is 1. The summed E-state index contributed by atoms with van der Waals surface area (Å²) in [4.78, 5) is 22.5. The van der Waals surface area contributed by atoms with E-state index in [4.69, 9.17) is 0 Å². The van der Waals surface area contributed by atoms with E-state index in [1.165, 1.54) is 12.1 Å². The van der Waals surface area contributed by atoms with Gasteiger partial charge in [-0.2, -0.15) is 5.10 Å². The predicted molar refractivity (Wildman–Crippen MR) is 72.5 cm³/mol. The van der Waals surface area contributed by atoms with Crippen molar-refractivity contribution in [1.29, 1.82) is 0 Å². The topological polar surface area (TPSA) is 101 Å². The van der Waals surface area contributed by atoms with E-state index in [0.717, 1.165) is 25.7 Å². The van der Waals surface area contributed by atoms with Crippen LogP contribution >= 0.6 is 0 Å². The van der Waals surface area contributed by atoms with Crippen molar-refractivity contribution in [2.75, 3.05) is 0 Å². The van der Waals surface area contributed by atoms with Crippen molar-refractivity contribution in [1.82, 2.24) is 15.5 Å². The molecule has 7 heteroatoms. The molecule has 104 valence electrons. The van der Waals surface area contributed by atoms with Crippen LogP contribution in [0.4, 0.5) is 5.69 Å². The highest BCUT2D eigenvalue weighted by atomic mass is 16.6. The zero-order chi connectivity index (χ0) is 14.1. The smallest absolute Gasteiger partial charge is 0.272 e. The van der Waals surface area contributed by atoms with Crippen LogP contribution in [0.3, 0.4) is 0 Å². The van der Waals surface area contributed by atoms with E-state index in [2.05, 4.69) is 15.5 Å². The molecular weight excluding hydrogens is 260 g/mol. The Bertz CT molecular complexity index is 673. The molecule has 2 N–H and O–H groups in total. The van der Waals surface area contributed by atoms with E-state index in [1.807, 2.05) is 0 Å². The normalized spacial score (nSPS) is 15.6. The number of carbonyl (C=O) groups is 1. The molecule has 1 fully saturated rings. The number of aromatic amines is 1. The minimum absolute atomic E-state index is 0.0474. The third-order valence-corrected chi connectivity index (χ3v) is 3.66. The summed E-state index contributed by atoms with van der Waals surface area (Å²) in [6.45, 7) is 0. The Balaban J connectivity index is 1.91. The first kappa shape index (κ1) is 12.6. The Morgan fingerprint density at radius 2 is 2.15 bits per heavy atom. The van der Waals surface area contributed by atoms with Gasteiger partial charge in [0.15, 0.2) is 5.69 Å². The van der Waals surface area contributed by atoms with Gasteiger partial charge in [0.2, 0.25) is 0 Å². The molecule has 1 amide bonds. The van der Waals surface area contributed by atoms with E-state index in [1.54, 1.807) is 6.07 Å². The summed E-state index contributed by atoms with van der Waals surface area (Å²) in [6, 6.07) is 4.52. The first-order valence-corrected chi connectivity index (χ1v) is 6.58. The van der Waals surface area contributed by atoms with Crippen molar-refractivity contribution in [2.24, 2.45) is 0 Å². The van der Waals surface area contributed by atoms with Crippen LogP contribution in [-0.2, 0) is 0 Å². The highest BCUT2D eigenvalue weighted by Crippen LogP contribution is 2.23. The number of hydrogen-bond donors (Lipinski definition) is 2. The Labute approximate surface area is 114 Å². The van der Waals surface area contributed by atoms with Crippen molar-refractivity contribution in [3.8, 4) is 0 Å². The van der Waals surface area contributed by atoms with Crippen molar-refractivity contribution in [2.45, 2.75) is 31.7 Å². The van der Waals surface area contributed by atoms with E-state index < -0.39 is 4.92 Å². The number of rotatable bonds is 3. The number of aromatic nitrogens is 2. The lowest BCUT2D eigenvalue weighted by Gasteiger charge is -2.10. The highest BCUT2D eigenvalue weighted by Gasteiger charge is 2.22. The van der Waals surface area contributed by atoms with E-state index in [9.17, 15) is 14.9 Å². The van der Waals surface area contributed by atoms with Crippen LogP contribution in [0.15, 0.2) is 18.2 Å². The molecule has 7 nitrogen and oxygen atoms in total. The number of amides is 1. The number of nitrogens with one attached hydrogen (secondary N) is 2. The Hall–Kier alpha value is -2.44. The maximum Gasteiger partial charge on any atom is 0.272 e. The molecule has 1 aromatic heterocycles. The van der Waals surface area contributed by atoms with Crippen molar-refractivity contribution < 1.29 is 9.72 Å². The second-order valence-electron chi connectivity index (χ2n) is 5.01. The molecular formula is C13H14N4O3. The number of nitro groups is 1. The first-order valence-electron chi connectivity index (χ1n) is 6.58. The van der Waals surface area contributed by atoms with Gasteiger partial charge in [0, 0.05) is 23.6 Å². The quantitative estimate of drug-likeness (QED) is 0.661. The number of benzene rings is 1. The number of fused-ring (bicyclic) bond motifs is 1. The summed E-state index contributed by atoms with van der Waals surface area (Å²) in [5, 5.41) is 20.9. The van der Waals surface area contributed by atoms with Crippen LogP contribution in [0, 0.1) is 10.1 Å². The van der Waals surface area contributed by atoms with Crippen LogP contribution in [0.2, 0.25) is 0 Å². The summed E-state index contributed by atoms with van der Waals surface area (Å²) in [5.41, 5.74) is 0.789. The summed E-state index contributed by atoms with van der Waals surface area (Å²) >= 11 is 0. The minimum Gasteiger partial charge on any atom is -0.348 e. The number of non-ortho nitro benzene ring substituents is 1. The fraction of sp³-hybridized carbons (Fsp3) is 0.385. The maximum absolute atomic E-state index is 12.2. The van der Waals surface area contributed by atoms with Gasteiger partial charge in [-0.05, 0) is 18.9 Å². The molecule has 2 aromatic rings. The van der Waals surface area contributed by atoms with Crippen LogP contribution in [0.1, 0.15) is 36.2 Å². The number of nitrogens with zero attached hydrogens (tertiary/aromatic N) is 2. The zero-order valence-electron chi connectivity index (χ0n) is 10.8. The molecule has 1 saturated carbocycles. The number of hydrogen-bond acceptors (Lipinski definition) is 4. The van der Waals surface area contributed by atoms with Crippen molar-refractivity contribution >= 4 is 22.5 Å². The Morgan fingerprint density at radius 1 is 1.40 bits per heavy atom. The first-order chi connectivity index (χ1) is 9.65. The van der Waals surface area contributed by atoms with Crippen molar-refractivity contribution in [3.05, 3.63) is 34.0 Å². The fourth-order valence-corrected chi connectivity index (χ4v) is 2.61. The molecule has 20 heavy (non-hydrogen) atoms. The van der Waals surface area contributed by atoms with Gasteiger partial charge < -0.3 is 5.32 Å². The molecule has 0 atom stereocenters. The van der Waals surface area contributed by atoms with Gasteiger partial charge >= 0.3 is 0 Å². The van der Waals surface area contributed by atoms with Gasteiger partial charge in [0.25, 0.3) is 11.6 Å². The molecule has 3 rings (SSSR count). The number of carbonyl (C=O) groups excluding carboxylic acids is 1. The molecule has 1 aliphatic rings. The van der Waals surface area contributed by atoms with Crippen LogP contribution in [0.25, 0.3) is 10.9 Å². The summed E-state index contributed by atoms with van der Waals surface area (Å²) in [5.74, 6) is -0.274. The van der Waals surface area contributed by atoms with Gasteiger partial charge in [-0.15, -0.1) is 0 Å². The monoisotopic (exact) mass is 274 g/mol. The van der Waals surface area contributed by atoms with Gasteiger partial charge in [0.1, 0.15) is 0 Å².